The van der Waals surface area contributed by atoms with Gasteiger partial charge < -0.3 is 5.32 Å². The molecule has 0 heterocycles. The Bertz CT molecular complexity index is 296. The van der Waals surface area contributed by atoms with Crippen LogP contribution in [0, 0.1) is 6.92 Å². The SMILES string of the molecule is CCC(C)NCc1cccc(C)c1Cl. The molecular formula is C12H18ClN. The van der Waals surface area contributed by atoms with Crippen molar-refractivity contribution in [1.82, 2.24) is 5.32 Å². The molecule has 0 fully saturated rings. The highest BCUT2D eigenvalue weighted by molar-refractivity contribution is 6.32. The Morgan fingerprint density at radius 2 is 2.14 bits per heavy atom. The Morgan fingerprint density at radius 1 is 1.43 bits per heavy atom. The lowest BCUT2D eigenvalue weighted by Crippen LogP contribution is -2.24. The molecule has 78 valence electrons. The maximum absolute atomic E-state index is 6.18. The van der Waals surface area contributed by atoms with Crippen LogP contribution in [0.15, 0.2) is 18.2 Å². The number of aryl methyl sites for hydroxylation is 1. The first-order chi connectivity index (χ1) is 6.65. The molecule has 1 nitrogen and oxygen atoms in total. The molecule has 0 saturated carbocycles. The minimum absolute atomic E-state index is 0.548. The van der Waals surface area contributed by atoms with Crippen LogP contribution in [0.25, 0.3) is 0 Å². The number of hydrogen-bond donors (Lipinski definition) is 1. The third-order valence-electron chi connectivity index (χ3n) is 2.53. The fraction of sp³-hybridized carbons (Fsp3) is 0.500. The highest BCUT2D eigenvalue weighted by Gasteiger charge is 2.03. The van der Waals surface area contributed by atoms with Gasteiger partial charge in [0.2, 0.25) is 0 Å². The molecule has 0 saturated heterocycles. The van der Waals surface area contributed by atoms with Gasteiger partial charge in [0.05, 0.1) is 0 Å². The molecule has 14 heavy (non-hydrogen) atoms. The van der Waals surface area contributed by atoms with Gasteiger partial charge in [-0.25, -0.2) is 0 Å². The lowest BCUT2D eigenvalue weighted by atomic mass is 10.1. The summed E-state index contributed by atoms with van der Waals surface area (Å²) in [6.07, 6.45) is 1.14. The third kappa shape index (κ3) is 3.00. The Hall–Kier alpha value is -0.530. The Kier molecular flexibility index (Phi) is 4.43. The van der Waals surface area contributed by atoms with E-state index in [1.807, 2.05) is 13.0 Å². The fourth-order valence-corrected chi connectivity index (χ4v) is 1.47. The van der Waals surface area contributed by atoms with E-state index in [1.165, 1.54) is 5.56 Å². The molecule has 0 bridgehead atoms. The second kappa shape index (κ2) is 5.38. The molecular weight excluding hydrogens is 194 g/mol. The molecule has 0 amide bonds. The monoisotopic (exact) mass is 211 g/mol. The van der Waals surface area contributed by atoms with Crippen molar-refractivity contribution in [1.29, 1.82) is 0 Å². The molecule has 1 aromatic rings. The largest absolute Gasteiger partial charge is 0.310 e. The Balaban J connectivity index is 2.63. The first-order valence-electron chi connectivity index (χ1n) is 5.12. The molecule has 1 atom stereocenters. The van der Waals surface area contributed by atoms with Crippen LogP contribution in [0.3, 0.4) is 0 Å². The van der Waals surface area contributed by atoms with E-state index in [4.69, 9.17) is 11.6 Å². The summed E-state index contributed by atoms with van der Waals surface area (Å²) in [6.45, 7) is 7.25. The van der Waals surface area contributed by atoms with Crippen LogP contribution in [-0.4, -0.2) is 6.04 Å². The van der Waals surface area contributed by atoms with Gasteiger partial charge in [-0.1, -0.05) is 36.7 Å². The van der Waals surface area contributed by atoms with Crippen molar-refractivity contribution in [2.45, 2.75) is 39.8 Å². The van der Waals surface area contributed by atoms with Gasteiger partial charge >= 0.3 is 0 Å². The first-order valence-corrected chi connectivity index (χ1v) is 5.50. The molecule has 0 aliphatic heterocycles. The Labute approximate surface area is 91.5 Å². The second-order valence-electron chi connectivity index (χ2n) is 3.74. The average molecular weight is 212 g/mol. The Morgan fingerprint density at radius 3 is 2.79 bits per heavy atom. The summed E-state index contributed by atoms with van der Waals surface area (Å²) >= 11 is 6.18. The number of nitrogens with one attached hydrogen (secondary N) is 1. The van der Waals surface area contributed by atoms with E-state index in [2.05, 4.69) is 31.3 Å². The predicted molar refractivity (Wildman–Crippen MR) is 62.8 cm³/mol. The van der Waals surface area contributed by atoms with Gasteiger partial charge in [0.15, 0.2) is 0 Å². The standard InChI is InChI=1S/C12H18ClN/c1-4-10(3)14-8-11-7-5-6-9(2)12(11)13/h5-7,10,14H,4,8H2,1-3H3. The smallest absolute Gasteiger partial charge is 0.0480 e. The summed E-state index contributed by atoms with van der Waals surface area (Å²) in [6, 6.07) is 6.71. The summed E-state index contributed by atoms with van der Waals surface area (Å²) in [5.41, 5.74) is 2.34. The molecule has 1 aromatic carbocycles. The van der Waals surface area contributed by atoms with Crippen LogP contribution in [0.2, 0.25) is 5.02 Å². The lowest BCUT2D eigenvalue weighted by Gasteiger charge is -2.12. The van der Waals surface area contributed by atoms with Crippen LogP contribution < -0.4 is 5.32 Å². The number of halogens is 1. The van der Waals surface area contributed by atoms with Gasteiger partial charge in [0.25, 0.3) is 0 Å². The highest BCUT2D eigenvalue weighted by Crippen LogP contribution is 2.20. The van der Waals surface area contributed by atoms with E-state index in [-0.39, 0.29) is 0 Å². The lowest BCUT2D eigenvalue weighted by molar-refractivity contribution is 0.534. The molecule has 1 rings (SSSR count). The van der Waals surface area contributed by atoms with Gasteiger partial charge in [-0.15, -0.1) is 0 Å². The van der Waals surface area contributed by atoms with Gasteiger partial charge in [0, 0.05) is 17.6 Å². The van der Waals surface area contributed by atoms with Crippen LogP contribution in [-0.2, 0) is 6.54 Å². The molecule has 2 heteroatoms. The molecule has 1 N–H and O–H groups in total. The average Bonchev–Trinajstić information content (AvgIpc) is 2.20. The quantitative estimate of drug-likeness (QED) is 0.804. The molecule has 0 radical (unpaired) electrons. The maximum atomic E-state index is 6.18. The van der Waals surface area contributed by atoms with Gasteiger partial charge in [-0.2, -0.15) is 0 Å². The topological polar surface area (TPSA) is 12.0 Å². The van der Waals surface area contributed by atoms with Crippen LogP contribution in [0.5, 0.6) is 0 Å². The van der Waals surface area contributed by atoms with E-state index < -0.39 is 0 Å². The van der Waals surface area contributed by atoms with E-state index in [0.29, 0.717) is 6.04 Å². The van der Waals surface area contributed by atoms with Crippen molar-refractivity contribution in [2.24, 2.45) is 0 Å². The van der Waals surface area contributed by atoms with Crippen molar-refractivity contribution < 1.29 is 0 Å². The highest BCUT2D eigenvalue weighted by atomic mass is 35.5. The van der Waals surface area contributed by atoms with Crippen molar-refractivity contribution in [3.8, 4) is 0 Å². The first kappa shape index (κ1) is 11.5. The minimum atomic E-state index is 0.548. The van der Waals surface area contributed by atoms with E-state index in [0.717, 1.165) is 23.6 Å². The van der Waals surface area contributed by atoms with Gasteiger partial charge in [-0.3, -0.25) is 0 Å². The number of hydrogen-bond acceptors (Lipinski definition) is 1. The van der Waals surface area contributed by atoms with Crippen LogP contribution in [0.1, 0.15) is 31.4 Å². The predicted octanol–water partition coefficient (Wildman–Crippen LogP) is 3.54. The zero-order valence-corrected chi connectivity index (χ0v) is 9.86. The number of rotatable bonds is 4. The zero-order chi connectivity index (χ0) is 10.6. The van der Waals surface area contributed by atoms with E-state index in [1.54, 1.807) is 0 Å². The summed E-state index contributed by atoms with van der Waals surface area (Å²) in [5, 5.41) is 4.32. The molecule has 0 spiro atoms. The number of benzene rings is 1. The van der Waals surface area contributed by atoms with Crippen molar-refractivity contribution in [2.75, 3.05) is 0 Å². The summed E-state index contributed by atoms with van der Waals surface area (Å²) in [4.78, 5) is 0. The molecule has 1 unspecified atom stereocenters. The normalized spacial score (nSPS) is 12.9. The van der Waals surface area contributed by atoms with Crippen molar-refractivity contribution in [3.05, 3.63) is 34.3 Å². The summed E-state index contributed by atoms with van der Waals surface area (Å²) < 4.78 is 0. The third-order valence-corrected chi connectivity index (χ3v) is 3.07. The van der Waals surface area contributed by atoms with E-state index >= 15 is 0 Å². The molecule has 0 aromatic heterocycles. The minimum Gasteiger partial charge on any atom is -0.310 e. The van der Waals surface area contributed by atoms with Gasteiger partial charge in [0.1, 0.15) is 0 Å². The van der Waals surface area contributed by atoms with Crippen molar-refractivity contribution in [3.63, 3.8) is 0 Å². The van der Waals surface area contributed by atoms with E-state index in [9.17, 15) is 0 Å². The fourth-order valence-electron chi connectivity index (χ4n) is 1.27. The zero-order valence-electron chi connectivity index (χ0n) is 9.10. The second-order valence-corrected chi connectivity index (χ2v) is 4.12. The van der Waals surface area contributed by atoms with Crippen LogP contribution in [0.4, 0.5) is 0 Å². The van der Waals surface area contributed by atoms with Crippen molar-refractivity contribution >= 4 is 11.6 Å². The molecule has 0 aliphatic rings. The summed E-state index contributed by atoms with van der Waals surface area (Å²) in [5.74, 6) is 0. The van der Waals surface area contributed by atoms with Gasteiger partial charge in [-0.05, 0) is 31.4 Å². The maximum Gasteiger partial charge on any atom is 0.0480 e. The van der Waals surface area contributed by atoms with Crippen LogP contribution >= 0.6 is 11.6 Å². The summed E-state index contributed by atoms with van der Waals surface area (Å²) in [7, 11) is 0. The molecule has 0 aliphatic carbocycles.